The molecular formula is C36H54N4O6. The molecule has 4 amide bonds. The van der Waals surface area contributed by atoms with Gasteiger partial charge in [-0.3, -0.25) is 40.9 Å². The Kier molecular flexibility index (Phi) is 17.9. The first kappa shape index (κ1) is 38.1. The number of phenols is 2. The third-order valence-corrected chi connectivity index (χ3v) is 8.10. The highest BCUT2D eigenvalue weighted by Crippen LogP contribution is 2.22. The van der Waals surface area contributed by atoms with Crippen molar-refractivity contribution in [1.29, 1.82) is 0 Å². The monoisotopic (exact) mass is 638 g/mol. The molecule has 0 aliphatic rings. The molecule has 0 saturated heterocycles. The topological polar surface area (TPSA) is 157 Å². The summed E-state index contributed by atoms with van der Waals surface area (Å²) in [5, 5.41) is 20.6. The number of benzene rings is 2. The maximum absolute atomic E-state index is 12.9. The number of carbonyl (C=O) groups is 4. The van der Waals surface area contributed by atoms with E-state index < -0.39 is 11.8 Å². The van der Waals surface area contributed by atoms with Crippen LogP contribution in [-0.2, 0) is 22.4 Å². The second kappa shape index (κ2) is 21.6. The largest absolute Gasteiger partial charge is 0.507 e. The molecular weight excluding hydrogens is 584 g/mol. The van der Waals surface area contributed by atoms with Crippen molar-refractivity contribution in [2.45, 2.75) is 124 Å². The van der Waals surface area contributed by atoms with Gasteiger partial charge < -0.3 is 10.2 Å². The van der Waals surface area contributed by atoms with Crippen LogP contribution in [0, 0.1) is 5.92 Å². The molecule has 1 unspecified atom stereocenters. The smallest absolute Gasteiger partial charge is 0.273 e. The standard InChI is InChI=1S/C36H54N4O6/c1-4-7-11-15-26-20-22-29(31(41)24-26)35(45)39-37-33(43)19-14-10-13-18-28(17-9-6-3)34(44)38-40-36(46)30-23-21-27(25-32(30)42)16-12-8-5-2/h20-25,28,41-42H,4-19H2,1-3H3,(H,37,43)(H,38,44)(H,39,45)(H,40,46). The van der Waals surface area contributed by atoms with E-state index in [1.807, 2.05) is 19.1 Å². The van der Waals surface area contributed by atoms with Crippen LogP contribution in [0.25, 0.3) is 0 Å². The van der Waals surface area contributed by atoms with Crippen LogP contribution in [0.1, 0.15) is 143 Å². The van der Waals surface area contributed by atoms with Gasteiger partial charge in [0.1, 0.15) is 11.5 Å². The van der Waals surface area contributed by atoms with Crippen LogP contribution in [0.15, 0.2) is 36.4 Å². The van der Waals surface area contributed by atoms with Crippen LogP contribution in [0.4, 0.5) is 0 Å². The van der Waals surface area contributed by atoms with Gasteiger partial charge in [-0.2, -0.15) is 0 Å². The second-order valence-electron chi connectivity index (χ2n) is 12.0. The fourth-order valence-corrected chi connectivity index (χ4v) is 5.26. The Labute approximate surface area is 274 Å². The summed E-state index contributed by atoms with van der Waals surface area (Å²) in [6.45, 7) is 6.30. The number of aryl methyl sites for hydroxylation is 2. The Hall–Kier alpha value is -4.08. The van der Waals surface area contributed by atoms with Crippen LogP contribution in [0.2, 0.25) is 0 Å². The molecule has 46 heavy (non-hydrogen) atoms. The summed E-state index contributed by atoms with van der Waals surface area (Å²) in [7, 11) is 0. The van der Waals surface area contributed by atoms with E-state index in [9.17, 15) is 29.4 Å². The number of hydrazine groups is 2. The molecule has 254 valence electrons. The molecule has 1 atom stereocenters. The average molecular weight is 639 g/mol. The van der Waals surface area contributed by atoms with Gasteiger partial charge in [0.2, 0.25) is 11.8 Å². The van der Waals surface area contributed by atoms with Crippen LogP contribution < -0.4 is 21.7 Å². The molecule has 0 aromatic heterocycles. The van der Waals surface area contributed by atoms with E-state index in [1.54, 1.807) is 24.3 Å². The van der Waals surface area contributed by atoms with Crippen molar-refractivity contribution in [2.75, 3.05) is 0 Å². The SMILES string of the molecule is CCCCCc1ccc(C(=O)NNC(=O)CCCCCC(CCCC)C(=O)NNC(=O)c2ccc(CCCCC)cc2O)c(O)c1. The number of hydrogen-bond acceptors (Lipinski definition) is 6. The quantitative estimate of drug-likeness (QED) is 0.0714. The molecule has 0 fully saturated rings. The molecule has 0 radical (unpaired) electrons. The molecule has 10 heteroatoms. The molecule has 0 heterocycles. The van der Waals surface area contributed by atoms with Crippen LogP contribution in [0.5, 0.6) is 11.5 Å². The summed E-state index contributed by atoms with van der Waals surface area (Å²) in [6, 6.07) is 9.96. The van der Waals surface area contributed by atoms with Crippen molar-refractivity contribution in [3.05, 3.63) is 58.7 Å². The third kappa shape index (κ3) is 13.9. The van der Waals surface area contributed by atoms with Crippen LogP contribution >= 0.6 is 0 Å². The Balaban J connectivity index is 1.73. The summed E-state index contributed by atoms with van der Waals surface area (Å²) >= 11 is 0. The molecule has 2 rings (SSSR count). The predicted octanol–water partition coefficient (Wildman–Crippen LogP) is 6.54. The van der Waals surface area contributed by atoms with Crippen molar-refractivity contribution >= 4 is 23.6 Å². The van der Waals surface area contributed by atoms with E-state index in [-0.39, 0.29) is 46.8 Å². The minimum atomic E-state index is -0.586. The summed E-state index contributed by atoms with van der Waals surface area (Å²) in [6.07, 6.45) is 13.4. The molecule has 2 aromatic rings. The number of phenolic OH excluding ortho intramolecular Hbond substituents is 2. The Morgan fingerprint density at radius 3 is 1.59 bits per heavy atom. The normalized spacial score (nSPS) is 11.5. The van der Waals surface area contributed by atoms with Crippen molar-refractivity contribution in [1.82, 2.24) is 21.7 Å². The van der Waals surface area contributed by atoms with Gasteiger partial charge in [-0.05, 0) is 80.3 Å². The summed E-state index contributed by atoms with van der Waals surface area (Å²) < 4.78 is 0. The van der Waals surface area contributed by atoms with Gasteiger partial charge in [0.05, 0.1) is 11.1 Å². The van der Waals surface area contributed by atoms with E-state index in [2.05, 4.69) is 35.6 Å². The number of aromatic hydroxyl groups is 2. The minimum Gasteiger partial charge on any atom is -0.507 e. The molecule has 0 bridgehead atoms. The third-order valence-electron chi connectivity index (χ3n) is 8.10. The highest BCUT2D eigenvalue weighted by atomic mass is 16.3. The van der Waals surface area contributed by atoms with E-state index >= 15 is 0 Å². The zero-order valence-corrected chi connectivity index (χ0v) is 27.9. The number of hydrogen-bond donors (Lipinski definition) is 6. The first-order valence-electron chi connectivity index (χ1n) is 17.0. The van der Waals surface area contributed by atoms with Crippen molar-refractivity contribution < 1.29 is 29.4 Å². The van der Waals surface area contributed by atoms with Gasteiger partial charge in [0, 0.05) is 12.3 Å². The summed E-state index contributed by atoms with van der Waals surface area (Å²) in [5.74, 6) is -2.32. The molecule has 0 aliphatic carbocycles. The van der Waals surface area contributed by atoms with Gasteiger partial charge in [-0.1, -0.05) is 84.3 Å². The lowest BCUT2D eigenvalue weighted by Crippen LogP contribution is -2.44. The van der Waals surface area contributed by atoms with E-state index in [0.717, 1.165) is 75.3 Å². The lowest BCUT2D eigenvalue weighted by Gasteiger charge is -2.17. The van der Waals surface area contributed by atoms with E-state index in [0.29, 0.717) is 32.1 Å². The van der Waals surface area contributed by atoms with Crippen molar-refractivity contribution in [3.8, 4) is 11.5 Å². The predicted molar refractivity (Wildman–Crippen MR) is 180 cm³/mol. The lowest BCUT2D eigenvalue weighted by molar-refractivity contribution is -0.126. The van der Waals surface area contributed by atoms with Gasteiger partial charge in [-0.25, -0.2) is 0 Å². The average Bonchev–Trinajstić information content (AvgIpc) is 3.04. The number of nitrogens with one attached hydrogen (secondary N) is 4. The molecule has 2 aromatic carbocycles. The Morgan fingerprint density at radius 1 is 0.587 bits per heavy atom. The zero-order valence-electron chi connectivity index (χ0n) is 27.9. The van der Waals surface area contributed by atoms with Crippen molar-refractivity contribution in [2.24, 2.45) is 5.92 Å². The van der Waals surface area contributed by atoms with Crippen LogP contribution in [-0.4, -0.2) is 33.8 Å². The molecule has 0 spiro atoms. The molecule has 0 aliphatic heterocycles. The minimum absolute atomic E-state index is 0.0969. The highest BCUT2D eigenvalue weighted by Gasteiger charge is 2.20. The Morgan fingerprint density at radius 2 is 1.09 bits per heavy atom. The van der Waals surface area contributed by atoms with Gasteiger partial charge in [0.25, 0.3) is 11.8 Å². The highest BCUT2D eigenvalue weighted by molar-refractivity contribution is 5.98. The number of carbonyl (C=O) groups excluding carboxylic acids is 4. The second-order valence-corrected chi connectivity index (χ2v) is 12.0. The maximum atomic E-state index is 12.9. The number of unbranched alkanes of at least 4 members (excludes halogenated alkanes) is 7. The van der Waals surface area contributed by atoms with E-state index in [1.165, 1.54) is 0 Å². The van der Waals surface area contributed by atoms with Crippen molar-refractivity contribution in [3.63, 3.8) is 0 Å². The number of rotatable bonds is 20. The Bertz CT molecular complexity index is 1270. The zero-order chi connectivity index (χ0) is 33.7. The van der Waals surface area contributed by atoms with Crippen LogP contribution in [0.3, 0.4) is 0 Å². The fourth-order valence-electron chi connectivity index (χ4n) is 5.26. The maximum Gasteiger partial charge on any atom is 0.273 e. The fraction of sp³-hybridized carbons (Fsp3) is 0.556. The first-order valence-corrected chi connectivity index (χ1v) is 17.0. The molecule has 6 N–H and O–H groups in total. The van der Waals surface area contributed by atoms with Gasteiger partial charge >= 0.3 is 0 Å². The summed E-state index contributed by atoms with van der Waals surface area (Å²) in [4.78, 5) is 50.2. The summed E-state index contributed by atoms with van der Waals surface area (Å²) in [5.41, 5.74) is 11.8. The van der Waals surface area contributed by atoms with E-state index in [4.69, 9.17) is 0 Å². The van der Waals surface area contributed by atoms with Gasteiger partial charge in [-0.15, -0.1) is 0 Å². The number of amides is 4. The van der Waals surface area contributed by atoms with Gasteiger partial charge in [0.15, 0.2) is 0 Å². The first-order chi connectivity index (χ1) is 22.2. The molecule has 0 saturated carbocycles. The lowest BCUT2D eigenvalue weighted by atomic mass is 9.94. The molecule has 10 nitrogen and oxygen atoms in total.